The lowest BCUT2D eigenvalue weighted by Crippen LogP contribution is -2.33. The molecule has 1 aliphatic heterocycles. The molecule has 176 valence electrons. The first-order valence-corrected chi connectivity index (χ1v) is 11.3. The molecule has 0 amide bonds. The Labute approximate surface area is 205 Å². The number of morpholine rings is 1. The number of anilines is 2. The highest BCUT2D eigenvalue weighted by atomic mass is 16.5. The van der Waals surface area contributed by atoms with Gasteiger partial charge in [-0.1, -0.05) is 37.4 Å². The van der Waals surface area contributed by atoms with Crippen LogP contribution in [0.5, 0.6) is 5.75 Å². The number of methoxy groups -OCH3 is 1. The van der Waals surface area contributed by atoms with Crippen molar-refractivity contribution < 1.29 is 9.47 Å². The highest BCUT2D eigenvalue weighted by molar-refractivity contribution is 6.00. The fraction of sp³-hybridized carbons (Fsp3) is 0.179. The summed E-state index contributed by atoms with van der Waals surface area (Å²) in [4.78, 5) is 17.8. The van der Waals surface area contributed by atoms with Crippen molar-refractivity contribution in [3.05, 3.63) is 85.7 Å². The minimum atomic E-state index is 0.640. The lowest BCUT2D eigenvalue weighted by molar-refractivity contribution is 0.272. The third-order valence-electron chi connectivity index (χ3n) is 5.97. The topological polar surface area (TPSA) is 63.6 Å². The van der Waals surface area contributed by atoms with Gasteiger partial charge in [-0.2, -0.15) is 0 Å². The summed E-state index contributed by atoms with van der Waals surface area (Å²) in [5.74, 6) is 2.84. The van der Waals surface area contributed by atoms with Crippen LogP contribution in [0.3, 0.4) is 0 Å². The van der Waals surface area contributed by atoms with E-state index in [2.05, 4.69) is 52.3 Å². The average Bonchev–Trinajstić information content (AvgIpc) is 2.87. The average molecular weight is 466 g/mol. The predicted octanol–water partition coefficient (Wildman–Crippen LogP) is 5.30. The van der Waals surface area contributed by atoms with Crippen LogP contribution in [0.1, 0.15) is 0 Å². The van der Waals surface area contributed by atoms with Crippen LogP contribution in [-0.2, 0) is 4.74 Å². The monoisotopic (exact) mass is 465 g/mol. The Morgan fingerprint density at radius 3 is 2.17 bits per heavy atom. The molecule has 1 aliphatic rings. The van der Waals surface area contributed by atoms with Crippen molar-refractivity contribution >= 4 is 22.5 Å². The smallest absolute Gasteiger partial charge is 0.224 e. The maximum absolute atomic E-state index is 5.90. The highest BCUT2D eigenvalue weighted by Crippen LogP contribution is 2.39. The molecule has 2 aromatic carbocycles. The van der Waals surface area contributed by atoms with Crippen molar-refractivity contribution in [1.82, 2.24) is 15.0 Å². The number of aromatic nitrogens is 3. The number of benzene rings is 2. The Hall–Kier alpha value is -4.39. The molecule has 0 radical (unpaired) electrons. The minimum absolute atomic E-state index is 0.640. The second-order valence-corrected chi connectivity index (χ2v) is 8.66. The van der Waals surface area contributed by atoms with Gasteiger partial charge in [0.2, 0.25) is 5.95 Å². The van der Waals surface area contributed by atoms with Gasteiger partial charge in [0.25, 0.3) is 0 Å². The molecule has 0 saturated carbocycles. The van der Waals surface area contributed by atoms with Crippen LogP contribution in [-0.4, -0.2) is 49.2 Å². The zero-order chi connectivity index (χ0) is 24.5. The fourth-order valence-corrected chi connectivity index (χ4v) is 4.33. The second-order valence-electron chi connectivity index (χ2n) is 8.66. The molecule has 0 N–H and O–H groups in total. The number of rotatable bonds is 5. The summed E-state index contributed by atoms with van der Waals surface area (Å²) in [6, 6.07) is 14.4. The molecular formula is C28H27N5O2. The van der Waals surface area contributed by atoms with Gasteiger partial charge in [0.15, 0.2) is 0 Å². The van der Waals surface area contributed by atoms with E-state index in [0.717, 1.165) is 44.6 Å². The quantitative estimate of drug-likeness (QED) is 0.396. The van der Waals surface area contributed by atoms with Gasteiger partial charge in [-0.15, -0.1) is 0 Å². The van der Waals surface area contributed by atoms with Crippen LogP contribution in [0.25, 0.3) is 33.2 Å². The summed E-state index contributed by atoms with van der Waals surface area (Å²) in [5.41, 5.74) is 5.74. The van der Waals surface area contributed by atoms with E-state index >= 15 is 0 Å². The van der Waals surface area contributed by atoms with E-state index < -0.39 is 0 Å². The summed E-state index contributed by atoms with van der Waals surface area (Å²) in [6.07, 6.45) is 5.52. The summed E-state index contributed by atoms with van der Waals surface area (Å²) >= 11 is 0. The van der Waals surface area contributed by atoms with Gasteiger partial charge in [-0.25, -0.2) is 9.97 Å². The van der Waals surface area contributed by atoms with Gasteiger partial charge in [-0.05, 0) is 23.8 Å². The van der Waals surface area contributed by atoms with Crippen molar-refractivity contribution in [3.8, 4) is 28.0 Å². The van der Waals surface area contributed by atoms with Crippen LogP contribution < -0.4 is 14.5 Å². The summed E-state index contributed by atoms with van der Waals surface area (Å²) in [5, 5.41) is 0.934. The normalized spacial score (nSPS) is 13.6. The highest BCUT2D eigenvalue weighted by Gasteiger charge is 2.19. The van der Waals surface area contributed by atoms with Crippen molar-refractivity contribution in [2.75, 3.05) is 44.1 Å². The summed E-state index contributed by atoms with van der Waals surface area (Å²) in [6.45, 7) is 9.16. The van der Waals surface area contributed by atoms with E-state index in [1.165, 1.54) is 0 Å². The number of hydrogen-bond donors (Lipinski definition) is 0. The number of para-hydroxylation sites is 1. The van der Waals surface area contributed by atoms with Gasteiger partial charge in [0, 0.05) is 60.4 Å². The summed E-state index contributed by atoms with van der Waals surface area (Å²) < 4.78 is 11.4. The Balaban J connectivity index is 1.52. The molecule has 5 rings (SSSR count). The third kappa shape index (κ3) is 4.28. The molecule has 3 heterocycles. The molecule has 0 spiro atoms. The maximum atomic E-state index is 5.90. The van der Waals surface area contributed by atoms with E-state index in [1.807, 2.05) is 55.8 Å². The Bertz CT molecular complexity index is 1400. The third-order valence-corrected chi connectivity index (χ3v) is 5.97. The molecule has 1 saturated heterocycles. The van der Waals surface area contributed by atoms with Gasteiger partial charge in [-0.3, -0.25) is 4.98 Å². The second kappa shape index (κ2) is 9.10. The number of hydrogen-bond acceptors (Lipinski definition) is 7. The number of nitrogens with zero attached hydrogens (tertiary/aromatic N) is 5. The number of ether oxygens (including phenoxy) is 2. The van der Waals surface area contributed by atoms with Gasteiger partial charge in [0.1, 0.15) is 17.3 Å². The Kier molecular flexibility index (Phi) is 5.82. The molecule has 7 heteroatoms. The van der Waals surface area contributed by atoms with Crippen LogP contribution >= 0.6 is 0 Å². The first kappa shape index (κ1) is 22.4. The largest absolute Gasteiger partial charge is 0.495 e. The molecule has 4 aromatic rings. The summed E-state index contributed by atoms with van der Waals surface area (Å²) in [7, 11) is 5.53. The molecule has 7 nitrogen and oxygen atoms in total. The number of fused-ring (bicyclic) bond motifs is 1. The molecule has 0 atom stereocenters. The van der Waals surface area contributed by atoms with Crippen molar-refractivity contribution in [1.29, 1.82) is 0 Å². The molecule has 35 heavy (non-hydrogen) atoms. The lowest BCUT2D eigenvalue weighted by Gasteiger charge is -2.31. The molecule has 0 aliphatic carbocycles. The molecule has 0 bridgehead atoms. The van der Waals surface area contributed by atoms with Gasteiger partial charge in [0.05, 0.1) is 25.7 Å². The van der Waals surface area contributed by atoms with Crippen molar-refractivity contribution in [2.45, 2.75) is 0 Å². The van der Waals surface area contributed by atoms with E-state index in [0.29, 0.717) is 30.6 Å². The molecule has 2 aromatic heterocycles. The van der Waals surface area contributed by atoms with Crippen molar-refractivity contribution in [3.63, 3.8) is 0 Å². The van der Waals surface area contributed by atoms with Crippen LogP contribution in [0, 0.1) is 0 Å². The zero-order valence-corrected chi connectivity index (χ0v) is 20.2. The van der Waals surface area contributed by atoms with E-state index in [9.17, 15) is 0 Å². The van der Waals surface area contributed by atoms with Gasteiger partial charge < -0.3 is 19.3 Å². The van der Waals surface area contributed by atoms with Crippen LogP contribution in [0.15, 0.2) is 85.7 Å². The fourth-order valence-electron chi connectivity index (χ4n) is 4.33. The van der Waals surface area contributed by atoms with Crippen LogP contribution in [0.4, 0.5) is 11.6 Å². The van der Waals surface area contributed by atoms with Gasteiger partial charge >= 0.3 is 0 Å². The standard InChI is InChI=1S/C28H27N5O2/c1-18-16-33(17-19(2)35-18)22-11-9-20(10-12-22)25-15-29-26-23(7-6-8-24(26)27(25)34-5)21-13-30-28(31-14-21)32(3)4/h6-15H,1-2,16-17H2,3-5H3. The van der Waals surface area contributed by atoms with E-state index in [-0.39, 0.29) is 0 Å². The minimum Gasteiger partial charge on any atom is -0.495 e. The number of pyridine rings is 1. The SMILES string of the molecule is C=C1CN(c2ccc(-c3cnc4c(-c5cnc(N(C)C)nc5)cccc4c3OC)cc2)CC(=C)O1. The van der Waals surface area contributed by atoms with E-state index in [4.69, 9.17) is 14.5 Å². The first-order chi connectivity index (χ1) is 16.9. The molecule has 0 unspecified atom stereocenters. The zero-order valence-electron chi connectivity index (χ0n) is 20.2. The van der Waals surface area contributed by atoms with Crippen LogP contribution in [0.2, 0.25) is 0 Å². The molecule has 1 fully saturated rings. The lowest BCUT2D eigenvalue weighted by atomic mass is 9.99. The first-order valence-electron chi connectivity index (χ1n) is 11.3. The maximum Gasteiger partial charge on any atom is 0.224 e. The Morgan fingerprint density at radius 1 is 0.857 bits per heavy atom. The Morgan fingerprint density at radius 2 is 1.54 bits per heavy atom. The molecular weight excluding hydrogens is 438 g/mol. The predicted molar refractivity (Wildman–Crippen MR) is 141 cm³/mol. The van der Waals surface area contributed by atoms with E-state index in [1.54, 1.807) is 7.11 Å². The van der Waals surface area contributed by atoms with Crippen molar-refractivity contribution in [2.24, 2.45) is 0 Å².